The molecule has 22 heavy (non-hydrogen) atoms. The molecule has 3 rings (SSSR count). The van der Waals surface area contributed by atoms with Crippen molar-refractivity contribution in [3.05, 3.63) is 47.5 Å². The molecule has 5 nitrogen and oxygen atoms in total. The third-order valence-corrected chi connectivity index (χ3v) is 3.79. The van der Waals surface area contributed by atoms with Crippen molar-refractivity contribution in [2.45, 2.75) is 26.1 Å². The molecule has 0 fully saturated rings. The van der Waals surface area contributed by atoms with Gasteiger partial charge in [0.05, 0.1) is 31.1 Å². The van der Waals surface area contributed by atoms with E-state index in [2.05, 4.69) is 10.00 Å². The van der Waals surface area contributed by atoms with Crippen molar-refractivity contribution in [3.8, 4) is 5.75 Å². The summed E-state index contributed by atoms with van der Waals surface area (Å²) in [5.41, 5.74) is 1.88. The van der Waals surface area contributed by atoms with Crippen molar-refractivity contribution in [1.82, 2.24) is 14.7 Å². The van der Waals surface area contributed by atoms with E-state index in [-0.39, 0.29) is 12.4 Å². The highest BCUT2D eigenvalue weighted by atomic mass is 19.1. The minimum atomic E-state index is -0.250. The number of benzene rings is 1. The van der Waals surface area contributed by atoms with Crippen LogP contribution < -0.4 is 4.74 Å². The zero-order valence-electron chi connectivity index (χ0n) is 12.4. The first-order chi connectivity index (χ1) is 10.7. The van der Waals surface area contributed by atoms with E-state index in [1.54, 1.807) is 12.1 Å². The molecule has 2 aromatic rings. The first-order valence-corrected chi connectivity index (χ1v) is 7.52. The Bertz CT molecular complexity index is 612. The molecule has 0 saturated heterocycles. The maximum atomic E-state index is 12.8. The van der Waals surface area contributed by atoms with Gasteiger partial charge in [-0.2, -0.15) is 5.10 Å². The fourth-order valence-electron chi connectivity index (χ4n) is 2.66. The second-order valence-electron chi connectivity index (χ2n) is 5.44. The van der Waals surface area contributed by atoms with Crippen LogP contribution in [0.1, 0.15) is 17.8 Å². The summed E-state index contributed by atoms with van der Waals surface area (Å²) in [7, 11) is 0. The maximum absolute atomic E-state index is 12.8. The number of aromatic nitrogens is 2. The van der Waals surface area contributed by atoms with Gasteiger partial charge in [0.1, 0.15) is 11.6 Å². The van der Waals surface area contributed by atoms with Gasteiger partial charge in [-0.3, -0.25) is 9.58 Å². The van der Waals surface area contributed by atoms with Crippen molar-refractivity contribution in [3.63, 3.8) is 0 Å². The second-order valence-corrected chi connectivity index (χ2v) is 5.44. The van der Waals surface area contributed by atoms with Gasteiger partial charge < -0.3 is 9.84 Å². The molecule has 0 atom stereocenters. The minimum absolute atomic E-state index is 0.00842. The Hall–Kier alpha value is -1.92. The summed E-state index contributed by atoms with van der Waals surface area (Å²) in [6.07, 6.45) is 0.915. The van der Waals surface area contributed by atoms with Gasteiger partial charge in [-0.1, -0.05) is 0 Å². The number of rotatable bonds is 6. The van der Waals surface area contributed by atoms with Crippen LogP contribution in [0.5, 0.6) is 5.75 Å². The molecule has 0 bridgehead atoms. The van der Waals surface area contributed by atoms with E-state index in [1.165, 1.54) is 12.1 Å². The lowest BCUT2D eigenvalue weighted by Crippen LogP contribution is -2.35. The van der Waals surface area contributed by atoms with Gasteiger partial charge in [0.15, 0.2) is 0 Å². The number of nitrogens with zero attached hydrogens (tertiary/aromatic N) is 3. The summed E-state index contributed by atoms with van der Waals surface area (Å²) >= 11 is 0. The van der Waals surface area contributed by atoms with E-state index < -0.39 is 0 Å². The summed E-state index contributed by atoms with van der Waals surface area (Å²) in [4.78, 5) is 2.35. The van der Waals surface area contributed by atoms with E-state index in [0.29, 0.717) is 12.4 Å². The van der Waals surface area contributed by atoms with E-state index >= 15 is 0 Å². The predicted molar refractivity (Wildman–Crippen MR) is 79.9 cm³/mol. The molecule has 2 heterocycles. The molecule has 118 valence electrons. The molecule has 1 N–H and O–H groups in total. The van der Waals surface area contributed by atoms with Gasteiger partial charge in [-0.05, 0) is 36.8 Å². The molecule has 0 radical (unpaired) electrons. The lowest BCUT2D eigenvalue weighted by atomic mass is 10.2. The molecule has 0 unspecified atom stereocenters. The first-order valence-electron chi connectivity index (χ1n) is 7.52. The summed E-state index contributed by atoms with van der Waals surface area (Å²) in [5, 5.41) is 13.5. The fraction of sp³-hybridized carbons (Fsp3) is 0.438. The number of aliphatic hydroxyl groups excluding tert-OH is 1. The van der Waals surface area contributed by atoms with Crippen LogP contribution in [0.2, 0.25) is 0 Å². The van der Waals surface area contributed by atoms with Crippen LogP contribution >= 0.6 is 0 Å². The van der Waals surface area contributed by atoms with Crippen molar-refractivity contribution in [2.24, 2.45) is 0 Å². The van der Waals surface area contributed by atoms with E-state index in [0.717, 1.165) is 44.0 Å². The van der Waals surface area contributed by atoms with Crippen molar-refractivity contribution >= 4 is 0 Å². The van der Waals surface area contributed by atoms with E-state index in [4.69, 9.17) is 9.84 Å². The van der Waals surface area contributed by atoms with Gasteiger partial charge in [0, 0.05) is 19.6 Å². The van der Waals surface area contributed by atoms with Gasteiger partial charge in [0.2, 0.25) is 0 Å². The molecule has 1 aromatic carbocycles. The van der Waals surface area contributed by atoms with Crippen LogP contribution in [-0.2, 0) is 19.7 Å². The molecule has 0 aliphatic carbocycles. The number of fused-ring (bicyclic) bond motifs is 1. The summed E-state index contributed by atoms with van der Waals surface area (Å²) in [5.74, 6) is 0.449. The summed E-state index contributed by atoms with van der Waals surface area (Å²) in [6, 6.07) is 8.05. The number of hydrogen-bond acceptors (Lipinski definition) is 4. The molecule has 0 spiro atoms. The van der Waals surface area contributed by atoms with Gasteiger partial charge in [-0.25, -0.2) is 4.39 Å². The minimum Gasteiger partial charge on any atom is -0.494 e. The van der Waals surface area contributed by atoms with Crippen molar-refractivity contribution in [2.75, 3.05) is 19.7 Å². The standard InChI is InChI=1S/C16H20FN3O2/c17-13-2-4-16(5-3-13)22-9-1-6-19-7-8-20-15(11-19)10-14(12-21)18-20/h2-5,10,21H,1,6-9,11-12H2. The van der Waals surface area contributed by atoms with E-state index in [1.807, 2.05) is 10.7 Å². The normalized spacial score (nSPS) is 14.8. The molecular formula is C16H20FN3O2. The Morgan fingerprint density at radius 2 is 2.05 bits per heavy atom. The topological polar surface area (TPSA) is 50.5 Å². The molecule has 0 amide bonds. The van der Waals surface area contributed by atoms with Crippen LogP contribution in [-0.4, -0.2) is 39.5 Å². The Morgan fingerprint density at radius 1 is 1.23 bits per heavy atom. The highest BCUT2D eigenvalue weighted by Gasteiger charge is 2.17. The van der Waals surface area contributed by atoms with Crippen molar-refractivity contribution in [1.29, 1.82) is 0 Å². The van der Waals surface area contributed by atoms with E-state index in [9.17, 15) is 4.39 Å². The summed E-state index contributed by atoms with van der Waals surface area (Å²) in [6.45, 7) is 4.21. The zero-order valence-corrected chi connectivity index (χ0v) is 12.4. The lowest BCUT2D eigenvalue weighted by molar-refractivity contribution is 0.192. The monoisotopic (exact) mass is 305 g/mol. The largest absolute Gasteiger partial charge is 0.494 e. The van der Waals surface area contributed by atoms with Crippen LogP contribution in [0, 0.1) is 5.82 Å². The average Bonchev–Trinajstić information content (AvgIpc) is 2.95. The second kappa shape index (κ2) is 6.89. The highest BCUT2D eigenvalue weighted by Crippen LogP contribution is 2.15. The smallest absolute Gasteiger partial charge is 0.123 e. The van der Waals surface area contributed by atoms with Crippen LogP contribution in [0.25, 0.3) is 0 Å². The van der Waals surface area contributed by atoms with Crippen LogP contribution in [0.15, 0.2) is 30.3 Å². The van der Waals surface area contributed by atoms with Gasteiger partial charge >= 0.3 is 0 Å². The molecule has 6 heteroatoms. The van der Waals surface area contributed by atoms with Crippen molar-refractivity contribution < 1.29 is 14.2 Å². The fourth-order valence-corrected chi connectivity index (χ4v) is 2.66. The SMILES string of the molecule is OCc1cc2n(n1)CCN(CCCOc1ccc(F)cc1)C2. The number of halogens is 1. The number of hydrogen-bond donors (Lipinski definition) is 1. The zero-order chi connectivity index (χ0) is 15.4. The summed E-state index contributed by atoms with van der Waals surface area (Å²) < 4.78 is 20.3. The van der Waals surface area contributed by atoms with Crippen LogP contribution in [0.4, 0.5) is 4.39 Å². The molecule has 0 saturated carbocycles. The average molecular weight is 305 g/mol. The Labute approximate surface area is 128 Å². The quantitative estimate of drug-likeness (QED) is 0.827. The lowest BCUT2D eigenvalue weighted by Gasteiger charge is -2.27. The Balaban J connectivity index is 1.42. The molecule has 1 aromatic heterocycles. The third kappa shape index (κ3) is 3.64. The molecule has 1 aliphatic rings. The maximum Gasteiger partial charge on any atom is 0.123 e. The number of aliphatic hydroxyl groups is 1. The Kier molecular flexibility index (Phi) is 4.70. The number of ether oxygens (including phenoxy) is 1. The Morgan fingerprint density at radius 3 is 2.82 bits per heavy atom. The predicted octanol–water partition coefficient (Wildman–Crippen LogP) is 1.80. The van der Waals surface area contributed by atoms with Crippen LogP contribution in [0.3, 0.4) is 0 Å². The van der Waals surface area contributed by atoms with Gasteiger partial charge in [-0.15, -0.1) is 0 Å². The van der Waals surface area contributed by atoms with Gasteiger partial charge in [0.25, 0.3) is 0 Å². The first kappa shape index (κ1) is 15.0. The highest BCUT2D eigenvalue weighted by molar-refractivity contribution is 5.21. The molecule has 1 aliphatic heterocycles. The molecular weight excluding hydrogens is 285 g/mol. The third-order valence-electron chi connectivity index (χ3n) is 3.79.